The van der Waals surface area contributed by atoms with Gasteiger partial charge >= 0.3 is 563 Å². The normalized spacial score (nSPS) is 12.1. The molecule has 0 radical (unpaired) electrons. The van der Waals surface area contributed by atoms with Crippen molar-refractivity contribution < 1.29 is 0 Å². The predicted octanol–water partition coefficient (Wildman–Crippen LogP) is 10.1. The van der Waals surface area contributed by atoms with Crippen LogP contribution in [0.15, 0.2) is 400 Å². The van der Waals surface area contributed by atoms with Crippen LogP contribution in [0.1, 0.15) is 0 Å². The molecule has 0 bridgehead atoms. The fourth-order valence-corrected chi connectivity index (χ4v) is 75.6. The van der Waals surface area contributed by atoms with Gasteiger partial charge in [-0.1, -0.05) is 0 Å². The summed E-state index contributed by atoms with van der Waals surface area (Å²) < 4.78 is 23.1. The Kier molecular flexibility index (Phi) is 16.2. The first-order valence-corrected chi connectivity index (χ1v) is 55.0. The number of rotatable bonds is 16. The fraction of sp³-hybridized carbons (Fsp3) is 0. The summed E-state index contributed by atoms with van der Waals surface area (Å²) in [4.78, 5) is 0. The van der Waals surface area contributed by atoms with E-state index < -0.39 is 73.5 Å². The van der Waals surface area contributed by atoms with Gasteiger partial charge in [0.15, 0.2) is 0 Å². The van der Waals surface area contributed by atoms with Crippen LogP contribution in [0, 0.1) is 0 Å². The third-order valence-corrected chi connectivity index (χ3v) is 75.0. The van der Waals surface area contributed by atoms with E-state index in [9.17, 15) is 0 Å². The minimum atomic E-state index is -4.67. The van der Waals surface area contributed by atoms with Gasteiger partial charge in [-0.3, -0.25) is 0 Å². The quantitative estimate of drug-likeness (QED) is 0.0668. The molecule has 0 aliphatic heterocycles. The second-order valence-electron chi connectivity index (χ2n) is 24.4. The zero-order valence-electron chi connectivity index (χ0n) is 51.1. The maximum atomic E-state index is 2.86. The van der Waals surface area contributed by atoms with E-state index in [1.807, 2.05) is 0 Å². The van der Waals surface area contributed by atoms with Crippen LogP contribution in [0.5, 0.6) is 0 Å². The second kappa shape index (κ2) is 25.3. The van der Waals surface area contributed by atoms with E-state index >= 15 is 0 Å². The Labute approximate surface area is 557 Å². The van der Waals surface area contributed by atoms with Crippen molar-refractivity contribution in [2.45, 2.75) is 0 Å². The number of benzene rings is 16. The van der Waals surface area contributed by atoms with Gasteiger partial charge in [-0.15, -0.1) is 0 Å². The summed E-state index contributed by atoms with van der Waals surface area (Å²) in [7, 11) is 0. The summed E-state index contributed by atoms with van der Waals surface area (Å²) in [5.74, 6) is 0. The minimum absolute atomic E-state index is 1.35. The van der Waals surface area contributed by atoms with Crippen molar-refractivity contribution in [2.75, 3.05) is 0 Å². The number of hydrogen-bond acceptors (Lipinski definition) is 0. The van der Waals surface area contributed by atoms with Crippen molar-refractivity contribution in [2.24, 2.45) is 0 Å². The fourth-order valence-electron chi connectivity index (χ4n) is 16.4. The van der Waals surface area contributed by atoms with E-state index in [1.54, 1.807) is 0 Å². The van der Waals surface area contributed by atoms with Gasteiger partial charge in [0, 0.05) is 0 Å². The van der Waals surface area contributed by atoms with Crippen LogP contribution in [0.25, 0.3) is 32.3 Å². The molecule has 0 saturated heterocycles. The molecule has 4 heteroatoms. The van der Waals surface area contributed by atoms with Gasteiger partial charge in [0.05, 0.1) is 0 Å². The molecule has 0 atom stereocenters. The first-order valence-electron chi connectivity index (χ1n) is 32.2. The molecule has 0 N–H and O–H groups in total. The molecule has 16 rings (SSSR count). The summed E-state index contributed by atoms with van der Waals surface area (Å²) in [5, 5.41) is 8.18. The van der Waals surface area contributed by atoms with E-state index in [1.165, 1.54) is 89.6 Å². The van der Waals surface area contributed by atoms with E-state index in [0.717, 1.165) is 0 Å². The average Bonchev–Trinajstić information content (AvgIpc) is 0.679. The van der Waals surface area contributed by atoms with Crippen LogP contribution in [0.4, 0.5) is 0 Å². The van der Waals surface area contributed by atoms with E-state index in [-0.39, 0.29) is 0 Å². The van der Waals surface area contributed by atoms with Crippen LogP contribution >= 0.6 is 0 Å². The first-order chi connectivity index (χ1) is 45.7. The van der Waals surface area contributed by atoms with Gasteiger partial charge in [-0.2, -0.15) is 0 Å². The molecular weight excluding hydrogens is 1530 g/mol. The molecule has 0 spiro atoms. The van der Waals surface area contributed by atoms with Crippen molar-refractivity contribution in [1.82, 2.24) is 0 Å². The van der Waals surface area contributed by atoms with Crippen LogP contribution in [0.3, 0.4) is 0 Å². The Morgan fingerprint density at radius 1 is 0.120 bits per heavy atom. The summed E-state index contributed by atoms with van der Waals surface area (Å²) in [6.45, 7) is 0. The molecule has 0 heterocycles. The predicted molar refractivity (Wildman–Crippen MR) is 405 cm³/mol. The monoisotopic (exact) mass is 1600 g/mol. The molecule has 0 aromatic heterocycles. The number of hydrogen-bond donors (Lipinski definition) is 0. The van der Waals surface area contributed by atoms with Crippen LogP contribution in [0.2, 0.25) is 0 Å². The maximum absolute atomic E-state index is 4.67. The van der Waals surface area contributed by atoms with Gasteiger partial charge in [0.25, 0.3) is 0 Å². The Hall–Kier alpha value is -8.25. The van der Waals surface area contributed by atoms with Crippen molar-refractivity contribution in [1.29, 1.82) is 0 Å². The molecule has 16 aromatic rings. The summed E-state index contributed by atoms with van der Waals surface area (Å²) in [6, 6.07) is 158. The topological polar surface area (TPSA) is 0 Å². The van der Waals surface area contributed by atoms with E-state index in [2.05, 4.69) is 400 Å². The van der Waals surface area contributed by atoms with Crippen molar-refractivity contribution >= 4 is 163 Å². The van der Waals surface area contributed by atoms with Gasteiger partial charge in [-0.25, -0.2) is 0 Å². The third kappa shape index (κ3) is 9.43. The summed E-state index contributed by atoms with van der Waals surface area (Å²) in [5.41, 5.74) is 0. The van der Waals surface area contributed by atoms with Crippen molar-refractivity contribution in [3.8, 4) is 0 Å². The van der Waals surface area contributed by atoms with E-state index in [0.29, 0.717) is 0 Å². The van der Waals surface area contributed by atoms with Gasteiger partial charge < -0.3 is 0 Å². The van der Waals surface area contributed by atoms with Gasteiger partial charge in [0.2, 0.25) is 0 Å². The second-order valence-corrected chi connectivity index (χ2v) is 67.5. The van der Waals surface area contributed by atoms with Crippen LogP contribution in [-0.4, -0.2) is 73.5 Å². The molecular formula is C88H66Sn4. The zero-order valence-corrected chi connectivity index (χ0v) is 62.5. The molecule has 0 saturated carbocycles. The average molecular weight is 1600 g/mol. The molecule has 0 aliphatic rings. The molecule has 434 valence electrons. The van der Waals surface area contributed by atoms with Gasteiger partial charge in [-0.05, 0) is 0 Å². The van der Waals surface area contributed by atoms with Gasteiger partial charge in [0.1, 0.15) is 0 Å². The Morgan fingerprint density at radius 3 is 0.337 bits per heavy atom. The van der Waals surface area contributed by atoms with Crippen molar-refractivity contribution in [3.05, 3.63) is 400 Å². The van der Waals surface area contributed by atoms with Crippen molar-refractivity contribution in [3.63, 3.8) is 0 Å². The van der Waals surface area contributed by atoms with E-state index in [4.69, 9.17) is 0 Å². The third-order valence-electron chi connectivity index (χ3n) is 20.0. The molecule has 0 nitrogen and oxygen atoms in total. The zero-order chi connectivity index (χ0) is 61.4. The molecule has 0 aliphatic carbocycles. The SMILES string of the molecule is c1cc[c]([Sn]([c]2ccccc2)([c]2ccccc2)[c]2c[c]([Sn]([c]3ccccc3)([c]3ccccc3)[c]3ccccc3)c3ccc4[c]([Sn]([c]5ccccc5)([c]5ccccc5)[c]5ccccc5)c[c]([Sn]([c]5ccccc5)([c]5ccccc5)[c]5ccccc5)c5ccc2c3c54)cc1. The van der Waals surface area contributed by atoms with Crippen LogP contribution < -0.4 is 57.3 Å². The summed E-state index contributed by atoms with van der Waals surface area (Å²) in [6.07, 6.45) is 0. The Balaban J connectivity index is 1.24. The first kappa shape index (κ1) is 58.8. The molecule has 0 unspecified atom stereocenters. The Morgan fingerprint density at radius 2 is 0.228 bits per heavy atom. The molecule has 0 fully saturated rings. The molecule has 92 heavy (non-hydrogen) atoms. The summed E-state index contributed by atoms with van der Waals surface area (Å²) >= 11 is -18.7. The standard InChI is InChI=1S/C16H6.12C6H5.4Sn/c1-3-11-7-9-13-5-2-6-14-10-8-12(4-1)15(11)16(13)14;12*1-2-4-6-5-3-1;;;;/h1-2,7-10H;12*1-5H;;;;. The molecule has 16 aromatic carbocycles. The van der Waals surface area contributed by atoms with Crippen LogP contribution in [-0.2, 0) is 0 Å². The Bertz CT molecular complexity index is 4110. The molecule has 0 amide bonds.